The fourth-order valence-corrected chi connectivity index (χ4v) is 1.95. The van der Waals surface area contributed by atoms with Gasteiger partial charge in [-0.3, -0.25) is 4.90 Å². The Balaban J connectivity index is 2.69. The monoisotopic (exact) mass is 275 g/mol. The van der Waals surface area contributed by atoms with Crippen LogP contribution >= 0.6 is 0 Å². The molecule has 1 saturated heterocycles. The van der Waals surface area contributed by atoms with Crippen LogP contribution in [0.5, 0.6) is 0 Å². The van der Waals surface area contributed by atoms with Crippen molar-refractivity contribution >= 4 is 6.09 Å². The minimum absolute atomic E-state index is 0.167. The first kappa shape index (κ1) is 16.2. The van der Waals surface area contributed by atoms with Gasteiger partial charge in [0.2, 0.25) is 0 Å². The van der Waals surface area contributed by atoms with Crippen LogP contribution < -0.4 is 0 Å². The standard InChI is InChI=1S/C13H25NO5/c1-12(2,3)19-11(15)14-10(7-17-9-16-6)8-18-13(14,4)5/h10H,7-9H2,1-6H3/t10-/m1/s1. The summed E-state index contributed by atoms with van der Waals surface area (Å²) in [5, 5.41) is 0. The normalized spacial score (nSPS) is 22.6. The average Bonchev–Trinajstić information content (AvgIpc) is 2.52. The van der Waals surface area contributed by atoms with E-state index in [1.807, 2.05) is 34.6 Å². The Kier molecular flexibility index (Phi) is 5.18. The van der Waals surface area contributed by atoms with Crippen molar-refractivity contribution in [3.05, 3.63) is 0 Å². The molecule has 0 N–H and O–H groups in total. The number of methoxy groups -OCH3 is 1. The first-order chi connectivity index (χ1) is 8.67. The molecule has 0 unspecified atom stereocenters. The summed E-state index contributed by atoms with van der Waals surface area (Å²) in [6, 6.07) is -0.167. The molecule has 0 spiro atoms. The van der Waals surface area contributed by atoms with Gasteiger partial charge >= 0.3 is 6.09 Å². The van der Waals surface area contributed by atoms with Crippen LogP contribution in [0.1, 0.15) is 34.6 Å². The molecule has 1 rings (SSSR count). The number of hydrogen-bond donors (Lipinski definition) is 0. The molecule has 0 aliphatic carbocycles. The summed E-state index contributed by atoms with van der Waals surface area (Å²) in [6.07, 6.45) is -0.388. The Morgan fingerprint density at radius 1 is 1.42 bits per heavy atom. The number of hydrogen-bond acceptors (Lipinski definition) is 5. The van der Waals surface area contributed by atoms with Gasteiger partial charge in [0.05, 0.1) is 19.3 Å². The Bertz CT molecular complexity index is 311. The van der Waals surface area contributed by atoms with Crippen LogP contribution in [-0.4, -0.2) is 55.5 Å². The van der Waals surface area contributed by atoms with Crippen molar-refractivity contribution in [3.63, 3.8) is 0 Å². The molecule has 0 aromatic heterocycles. The van der Waals surface area contributed by atoms with E-state index < -0.39 is 11.3 Å². The summed E-state index contributed by atoms with van der Waals surface area (Å²) in [5.74, 6) is 0. The maximum absolute atomic E-state index is 12.3. The van der Waals surface area contributed by atoms with Crippen LogP contribution in [0.4, 0.5) is 4.79 Å². The highest BCUT2D eigenvalue weighted by atomic mass is 16.7. The summed E-state index contributed by atoms with van der Waals surface area (Å²) in [6.45, 7) is 10.2. The van der Waals surface area contributed by atoms with Gasteiger partial charge in [-0.15, -0.1) is 0 Å². The predicted molar refractivity (Wildman–Crippen MR) is 69.7 cm³/mol. The van der Waals surface area contributed by atoms with Crippen molar-refractivity contribution in [2.45, 2.75) is 52.0 Å². The third-order valence-corrected chi connectivity index (χ3v) is 2.68. The molecule has 1 heterocycles. The number of nitrogens with zero attached hydrogens (tertiary/aromatic N) is 1. The van der Waals surface area contributed by atoms with Crippen LogP contribution in [0, 0.1) is 0 Å². The zero-order chi connectivity index (χ0) is 14.7. The molecule has 112 valence electrons. The van der Waals surface area contributed by atoms with Gasteiger partial charge in [0.15, 0.2) is 0 Å². The predicted octanol–water partition coefficient (Wildman–Crippen LogP) is 1.98. The van der Waals surface area contributed by atoms with Crippen LogP contribution in [0.3, 0.4) is 0 Å². The molecular formula is C13H25NO5. The van der Waals surface area contributed by atoms with E-state index in [-0.39, 0.29) is 18.9 Å². The van der Waals surface area contributed by atoms with E-state index in [1.54, 1.807) is 12.0 Å². The second kappa shape index (κ2) is 6.07. The van der Waals surface area contributed by atoms with E-state index in [0.717, 1.165) is 0 Å². The molecule has 19 heavy (non-hydrogen) atoms. The summed E-state index contributed by atoms with van der Waals surface area (Å²) in [4.78, 5) is 13.8. The van der Waals surface area contributed by atoms with E-state index in [9.17, 15) is 4.79 Å². The first-order valence-electron chi connectivity index (χ1n) is 6.40. The molecular weight excluding hydrogens is 250 g/mol. The molecule has 1 atom stereocenters. The summed E-state index contributed by atoms with van der Waals surface area (Å²) < 4.78 is 21.2. The average molecular weight is 275 g/mol. The lowest BCUT2D eigenvalue weighted by Crippen LogP contribution is -2.51. The second-order valence-corrected chi connectivity index (χ2v) is 6.04. The number of amides is 1. The van der Waals surface area contributed by atoms with E-state index in [4.69, 9.17) is 18.9 Å². The summed E-state index contributed by atoms with van der Waals surface area (Å²) >= 11 is 0. The molecule has 1 aliphatic heterocycles. The van der Waals surface area contributed by atoms with E-state index in [0.29, 0.717) is 13.2 Å². The molecule has 0 bridgehead atoms. The number of rotatable bonds is 4. The Hall–Kier alpha value is -0.850. The maximum atomic E-state index is 12.3. The van der Waals surface area contributed by atoms with Gasteiger partial charge in [0, 0.05) is 7.11 Å². The molecule has 0 saturated carbocycles. The number of carbonyl (C=O) groups is 1. The highest BCUT2D eigenvalue weighted by Crippen LogP contribution is 2.29. The van der Waals surface area contributed by atoms with E-state index in [1.165, 1.54) is 0 Å². The topological polar surface area (TPSA) is 57.2 Å². The Labute approximate surface area is 114 Å². The lowest BCUT2D eigenvalue weighted by molar-refractivity contribution is -0.0746. The fourth-order valence-electron chi connectivity index (χ4n) is 1.95. The number of carbonyl (C=O) groups excluding carboxylic acids is 1. The Morgan fingerprint density at radius 2 is 2.05 bits per heavy atom. The van der Waals surface area contributed by atoms with Crippen LogP contribution in [-0.2, 0) is 18.9 Å². The minimum atomic E-state index is -0.691. The highest BCUT2D eigenvalue weighted by Gasteiger charge is 2.45. The van der Waals surface area contributed by atoms with Crippen molar-refractivity contribution in [1.29, 1.82) is 0 Å². The zero-order valence-electron chi connectivity index (χ0n) is 12.7. The molecule has 0 aromatic rings. The van der Waals surface area contributed by atoms with Crippen molar-refractivity contribution in [2.75, 3.05) is 27.1 Å². The van der Waals surface area contributed by atoms with Gasteiger partial charge in [-0.05, 0) is 34.6 Å². The lowest BCUT2D eigenvalue weighted by atomic mass is 10.2. The molecule has 1 fully saturated rings. The smallest absolute Gasteiger partial charge is 0.412 e. The lowest BCUT2D eigenvalue weighted by Gasteiger charge is -2.34. The first-order valence-corrected chi connectivity index (χ1v) is 6.40. The molecule has 6 heteroatoms. The third-order valence-electron chi connectivity index (χ3n) is 2.68. The van der Waals surface area contributed by atoms with Gasteiger partial charge in [0.1, 0.15) is 18.1 Å². The number of ether oxygens (including phenoxy) is 4. The van der Waals surface area contributed by atoms with Gasteiger partial charge in [-0.1, -0.05) is 0 Å². The van der Waals surface area contributed by atoms with Crippen molar-refractivity contribution in [2.24, 2.45) is 0 Å². The molecule has 0 radical (unpaired) electrons. The van der Waals surface area contributed by atoms with Crippen molar-refractivity contribution in [1.82, 2.24) is 4.90 Å². The highest BCUT2D eigenvalue weighted by molar-refractivity contribution is 5.69. The summed E-state index contributed by atoms with van der Waals surface area (Å²) in [5.41, 5.74) is -1.23. The molecule has 0 aromatic carbocycles. The minimum Gasteiger partial charge on any atom is -0.444 e. The van der Waals surface area contributed by atoms with Gasteiger partial charge in [0.25, 0.3) is 0 Å². The fraction of sp³-hybridized carbons (Fsp3) is 0.923. The van der Waals surface area contributed by atoms with E-state index >= 15 is 0 Å². The molecule has 1 aliphatic rings. The largest absolute Gasteiger partial charge is 0.444 e. The van der Waals surface area contributed by atoms with Crippen molar-refractivity contribution < 1.29 is 23.7 Å². The third kappa shape index (κ3) is 4.63. The zero-order valence-corrected chi connectivity index (χ0v) is 12.7. The molecule has 1 amide bonds. The van der Waals surface area contributed by atoms with Crippen molar-refractivity contribution in [3.8, 4) is 0 Å². The van der Waals surface area contributed by atoms with Crippen LogP contribution in [0.15, 0.2) is 0 Å². The van der Waals surface area contributed by atoms with E-state index in [2.05, 4.69) is 0 Å². The van der Waals surface area contributed by atoms with Gasteiger partial charge in [-0.25, -0.2) is 4.79 Å². The Morgan fingerprint density at radius 3 is 2.58 bits per heavy atom. The van der Waals surface area contributed by atoms with Crippen LogP contribution in [0.25, 0.3) is 0 Å². The van der Waals surface area contributed by atoms with Gasteiger partial charge < -0.3 is 18.9 Å². The van der Waals surface area contributed by atoms with Gasteiger partial charge in [-0.2, -0.15) is 0 Å². The quantitative estimate of drug-likeness (QED) is 0.580. The second-order valence-electron chi connectivity index (χ2n) is 6.04. The maximum Gasteiger partial charge on any atom is 0.412 e. The SMILES string of the molecule is COCOC[C@@H]1COC(C)(C)N1C(=O)OC(C)(C)C. The summed E-state index contributed by atoms with van der Waals surface area (Å²) in [7, 11) is 1.56. The van der Waals surface area contributed by atoms with Crippen LogP contribution in [0.2, 0.25) is 0 Å². The molecule has 6 nitrogen and oxygen atoms in total.